The minimum Gasteiger partial charge on any atom is -0.508 e. The summed E-state index contributed by atoms with van der Waals surface area (Å²) in [5, 5.41) is 9.44. The number of nitrogens with zero attached hydrogens (tertiary/aromatic N) is 1. The second kappa shape index (κ2) is 8.88. The van der Waals surface area contributed by atoms with Crippen molar-refractivity contribution in [3.63, 3.8) is 0 Å². The molecule has 0 bridgehead atoms. The van der Waals surface area contributed by atoms with Crippen LogP contribution < -0.4 is 0 Å². The topological polar surface area (TPSA) is 83.9 Å². The first-order valence-corrected chi connectivity index (χ1v) is 10.7. The highest BCUT2D eigenvalue weighted by Gasteiger charge is 2.37. The number of alkyl halides is 3. The Morgan fingerprint density at radius 1 is 1.10 bits per heavy atom. The van der Waals surface area contributed by atoms with Crippen LogP contribution in [0, 0.1) is 0 Å². The number of benzene rings is 2. The zero-order valence-electron chi connectivity index (χ0n) is 17.5. The van der Waals surface area contributed by atoms with Crippen molar-refractivity contribution in [1.29, 1.82) is 0 Å². The lowest BCUT2D eigenvalue weighted by Crippen LogP contribution is -2.46. The van der Waals surface area contributed by atoms with Crippen molar-refractivity contribution in [2.24, 2.45) is 0 Å². The minimum absolute atomic E-state index is 0.0116. The predicted octanol–water partition coefficient (Wildman–Crippen LogP) is 3.98. The van der Waals surface area contributed by atoms with E-state index in [2.05, 4.69) is 0 Å². The Hall–Kier alpha value is -2.59. The summed E-state index contributed by atoms with van der Waals surface area (Å²) in [5.41, 5.74) is -1.50. The lowest BCUT2D eigenvalue weighted by Gasteiger charge is -2.29. The quantitative estimate of drug-likeness (QED) is 0.661. The van der Waals surface area contributed by atoms with Crippen molar-refractivity contribution in [3.8, 4) is 5.75 Å². The number of rotatable bonds is 6. The molecule has 2 aromatic rings. The molecule has 0 aromatic heterocycles. The van der Waals surface area contributed by atoms with Crippen LogP contribution in [0.3, 0.4) is 0 Å². The fourth-order valence-electron chi connectivity index (χ4n) is 2.75. The number of carbonyl (C=O) groups is 1. The molecule has 0 heterocycles. The van der Waals surface area contributed by atoms with Crippen molar-refractivity contribution in [1.82, 2.24) is 4.31 Å². The molecule has 0 aliphatic carbocycles. The van der Waals surface area contributed by atoms with Gasteiger partial charge in [-0.2, -0.15) is 17.5 Å². The Morgan fingerprint density at radius 3 is 2.19 bits per heavy atom. The van der Waals surface area contributed by atoms with Gasteiger partial charge in [-0.1, -0.05) is 18.2 Å². The molecule has 10 heteroatoms. The van der Waals surface area contributed by atoms with Crippen LogP contribution in [0.2, 0.25) is 0 Å². The SMILES string of the molecule is CN([C@@H](Cc1ccc(O)cc1)C(=O)OC(C)(C)C)S(=O)(=O)c1cccc(C(F)(F)F)c1. The van der Waals surface area contributed by atoms with E-state index >= 15 is 0 Å². The molecule has 0 saturated heterocycles. The van der Waals surface area contributed by atoms with E-state index in [0.29, 0.717) is 15.9 Å². The number of ether oxygens (including phenoxy) is 1. The van der Waals surface area contributed by atoms with E-state index in [1.54, 1.807) is 20.8 Å². The number of halogens is 3. The molecule has 0 saturated carbocycles. The molecule has 0 fully saturated rings. The molecule has 0 aliphatic rings. The summed E-state index contributed by atoms with van der Waals surface area (Å²) in [5.74, 6) is -0.860. The van der Waals surface area contributed by atoms with Crippen LogP contribution in [0.4, 0.5) is 13.2 Å². The second-order valence-electron chi connectivity index (χ2n) is 7.97. The molecule has 1 N–H and O–H groups in total. The van der Waals surface area contributed by atoms with Gasteiger partial charge in [-0.15, -0.1) is 0 Å². The lowest BCUT2D eigenvalue weighted by molar-refractivity contribution is -0.159. The Kier molecular flexibility index (Phi) is 7.07. The Bertz CT molecular complexity index is 1030. The summed E-state index contributed by atoms with van der Waals surface area (Å²) in [4.78, 5) is 12.2. The molecule has 0 amide bonds. The maximum atomic E-state index is 13.1. The number of hydrogen-bond acceptors (Lipinski definition) is 5. The molecule has 0 spiro atoms. The van der Waals surface area contributed by atoms with Crippen LogP contribution >= 0.6 is 0 Å². The van der Waals surface area contributed by atoms with Gasteiger partial charge in [0, 0.05) is 7.05 Å². The number of likely N-dealkylation sites (N-methyl/N-ethyl adjacent to an activating group) is 1. The number of phenolic OH excluding ortho intramolecular Hbond substituents is 1. The standard InChI is InChI=1S/C21H24F3NO5S/c1-20(2,3)30-19(27)18(12-14-8-10-16(26)11-9-14)25(4)31(28,29)17-7-5-6-15(13-17)21(22,23)24/h5-11,13,18,26H,12H2,1-4H3/t18-/m0/s1. The molecule has 31 heavy (non-hydrogen) atoms. The maximum Gasteiger partial charge on any atom is 0.416 e. The van der Waals surface area contributed by atoms with Crippen LogP contribution in [0.15, 0.2) is 53.4 Å². The van der Waals surface area contributed by atoms with Gasteiger partial charge in [0.15, 0.2) is 0 Å². The highest BCUT2D eigenvalue weighted by atomic mass is 32.2. The number of aromatic hydroxyl groups is 1. The molecule has 2 rings (SSSR count). The van der Waals surface area contributed by atoms with Crippen molar-refractivity contribution in [2.45, 2.75) is 49.9 Å². The molecule has 170 valence electrons. The first-order valence-electron chi connectivity index (χ1n) is 9.27. The van der Waals surface area contributed by atoms with Gasteiger partial charge in [-0.05, 0) is 63.1 Å². The van der Waals surface area contributed by atoms with Gasteiger partial charge in [0.1, 0.15) is 17.4 Å². The number of sulfonamides is 1. The normalized spacial score (nSPS) is 13.8. The first kappa shape index (κ1) is 24.7. The Labute approximate surface area is 179 Å². The summed E-state index contributed by atoms with van der Waals surface area (Å²) < 4.78 is 71.4. The zero-order valence-corrected chi connectivity index (χ0v) is 18.3. The highest BCUT2D eigenvalue weighted by Crippen LogP contribution is 2.31. The van der Waals surface area contributed by atoms with Crippen LogP contribution in [-0.2, 0) is 32.2 Å². The molecule has 0 aliphatic heterocycles. The van der Waals surface area contributed by atoms with Gasteiger partial charge in [-0.3, -0.25) is 4.79 Å². The Balaban J connectivity index is 2.46. The average Bonchev–Trinajstić information content (AvgIpc) is 2.65. The number of phenols is 1. The summed E-state index contributed by atoms with van der Waals surface area (Å²) >= 11 is 0. The average molecular weight is 459 g/mol. The van der Waals surface area contributed by atoms with E-state index in [9.17, 15) is 31.5 Å². The molecule has 0 radical (unpaired) electrons. The number of carbonyl (C=O) groups excluding carboxylic acids is 1. The highest BCUT2D eigenvalue weighted by molar-refractivity contribution is 7.89. The smallest absolute Gasteiger partial charge is 0.416 e. The summed E-state index contributed by atoms with van der Waals surface area (Å²) in [6, 6.07) is 7.75. The molecule has 0 unspecified atom stereocenters. The van der Waals surface area contributed by atoms with E-state index < -0.39 is 44.3 Å². The van der Waals surface area contributed by atoms with Crippen LogP contribution in [0.5, 0.6) is 5.75 Å². The van der Waals surface area contributed by atoms with Crippen LogP contribution in [0.25, 0.3) is 0 Å². The van der Waals surface area contributed by atoms with E-state index in [4.69, 9.17) is 4.74 Å². The summed E-state index contributed by atoms with van der Waals surface area (Å²) in [6.07, 6.45) is -4.83. The molecule has 6 nitrogen and oxygen atoms in total. The minimum atomic E-state index is -4.72. The first-order chi connectivity index (χ1) is 14.1. The maximum absolute atomic E-state index is 13.1. The predicted molar refractivity (Wildman–Crippen MR) is 108 cm³/mol. The van der Waals surface area contributed by atoms with Crippen molar-refractivity contribution >= 4 is 16.0 Å². The molecular formula is C21H24F3NO5S. The summed E-state index contributed by atoms with van der Waals surface area (Å²) in [7, 11) is -3.35. The fraction of sp³-hybridized carbons (Fsp3) is 0.381. The largest absolute Gasteiger partial charge is 0.508 e. The summed E-state index contributed by atoms with van der Waals surface area (Å²) in [6.45, 7) is 4.84. The van der Waals surface area contributed by atoms with E-state index in [-0.39, 0.29) is 12.2 Å². The van der Waals surface area contributed by atoms with E-state index in [1.807, 2.05) is 0 Å². The fourth-order valence-corrected chi connectivity index (χ4v) is 4.11. The second-order valence-corrected chi connectivity index (χ2v) is 9.96. The van der Waals surface area contributed by atoms with Crippen molar-refractivity contribution in [2.75, 3.05) is 7.05 Å². The third kappa shape index (κ3) is 6.44. The van der Waals surface area contributed by atoms with E-state index in [1.165, 1.54) is 24.3 Å². The molecular weight excluding hydrogens is 435 g/mol. The van der Waals surface area contributed by atoms with Crippen molar-refractivity contribution in [3.05, 3.63) is 59.7 Å². The number of hydrogen-bond donors (Lipinski definition) is 1. The van der Waals surface area contributed by atoms with Crippen LogP contribution in [-0.4, -0.2) is 42.5 Å². The molecule has 2 aromatic carbocycles. The zero-order chi connectivity index (χ0) is 23.6. The van der Waals surface area contributed by atoms with Gasteiger partial charge in [0.05, 0.1) is 10.5 Å². The van der Waals surface area contributed by atoms with Crippen LogP contribution in [0.1, 0.15) is 31.9 Å². The Morgan fingerprint density at radius 2 is 1.68 bits per heavy atom. The third-order valence-electron chi connectivity index (χ3n) is 4.32. The number of esters is 1. The van der Waals surface area contributed by atoms with Gasteiger partial charge >= 0.3 is 12.1 Å². The van der Waals surface area contributed by atoms with Gasteiger partial charge in [0.2, 0.25) is 10.0 Å². The van der Waals surface area contributed by atoms with Gasteiger partial charge < -0.3 is 9.84 Å². The monoisotopic (exact) mass is 459 g/mol. The lowest BCUT2D eigenvalue weighted by atomic mass is 10.1. The van der Waals surface area contributed by atoms with Crippen molar-refractivity contribution < 1.29 is 36.2 Å². The van der Waals surface area contributed by atoms with Gasteiger partial charge in [0.25, 0.3) is 0 Å². The third-order valence-corrected chi connectivity index (χ3v) is 6.18. The van der Waals surface area contributed by atoms with E-state index in [0.717, 1.165) is 25.2 Å². The molecule has 1 atom stereocenters. The van der Waals surface area contributed by atoms with Gasteiger partial charge in [-0.25, -0.2) is 8.42 Å².